The minimum Gasteiger partial charge on any atom is -0.398 e. The summed E-state index contributed by atoms with van der Waals surface area (Å²) in [7, 11) is -2.24. The van der Waals surface area contributed by atoms with Crippen LogP contribution in [0, 0.1) is 5.82 Å². The Morgan fingerprint density at radius 1 is 1.19 bits per heavy atom. The number of nitrogen functional groups attached to an aromatic ring is 1. The highest BCUT2D eigenvalue weighted by Gasteiger charge is 2.21. The van der Waals surface area contributed by atoms with E-state index in [0.29, 0.717) is 11.3 Å². The van der Waals surface area contributed by atoms with Crippen molar-refractivity contribution in [3.8, 4) is 0 Å². The van der Waals surface area contributed by atoms with E-state index in [2.05, 4.69) is 0 Å². The molecule has 0 aliphatic rings. The van der Waals surface area contributed by atoms with Crippen LogP contribution in [0.15, 0.2) is 47.4 Å². The second-order valence-electron chi connectivity index (χ2n) is 4.57. The second-order valence-corrected chi connectivity index (χ2v) is 7.02. The topological polar surface area (TPSA) is 63.4 Å². The molecular weight excluding hydrogens is 315 g/mol. The van der Waals surface area contributed by atoms with E-state index in [1.807, 2.05) is 0 Å². The Hall–Kier alpha value is -1.63. The molecule has 0 unspecified atom stereocenters. The first kappa shape index (κ1) is 15.8. The van der Waals surface area contributed by atoms with Gasteiger partial charge in [0.25, 0.3) is 0 Å². The number of halogens is 2. The molecule has 0 fully saturated rings. The molecule has 0 aromatic heterocycles. The zero-order valence-electron chi connectivity index (χ0n) is 11.3. The van der Waals surface area contributed by atoms with Crippen molar-refractivity contribution in [1.82, 2.24) is 4.31 Å². The first-order valence-corrected chi connectivity index (χ1v) is 7.88. The van der Waals surface area contributed by atoms with Crippen LogP contribution in [0.25, 0.3) is 0 Å². The van der Waals surface area contributed by atoms with Gasteiger partial charge in [-0.1, -0.05) is 23.7 Å². The van der Waals surface area contributed by atoms with Crippen LogP contribution in [-0.2, 0) is 16.6 Å². The van der Waals surface area contributed by atoms with E-state index in [0.717, 1.165) is 0 Å². The maximum atomic E-state index is 12.8. The SMILES string of the molecule is CN(Cc1ccc(F)cc1)S(=O)(=O)c1ccc(N)c(Cl)c1. The molecule has 0 saturated carbocycles. The Morgan fingerprint density at radius 3 is 2.38 bits per heavy atom. The molecule has 2 N–H and O–H groups in total. The van der Waals surface area contributed by atoms with Crippen molar-refractivity contribution in [1.29, 1.82) is 0 Å². The van der Waals surface area contributed by atoms with E-state index in [9.17, 15) is 12.8 Å². The summed E-state index contributed by atoms with van der Waals surface area (Å²) in [6.45, 7) is 0.130. The molecule has 0 bridgehead atoms. The molecule has 2 aromatic rings. The molecule has 0 saturated heterocycles. The number of rotatable bonds is 4. The quantitative estimate of drug-likeness (QED) is 0.878. The predicted molar refractivity (Wildman–Crippen MR) is 80.9 cm³/mol. The van der Waals surface area contributed by atoms with E-state index in [4.69, 9.17) is 17.3 Å². The number of hydrogen-bond donors (Lipinski definition) is 1. The first-order chi connectivity index (χ1) is 9.80. The summed E-state index contributed by atoms with van der Waals surface area (Å²) in [6.07, 6.45) is 0. The minimum absolute atomic E-state index is 0.0614. The summed E-state index contributed by atoms with van der Waals surface area (Å²) >= 11 is 5.85. The van der Waals surface area contributed by atoms with Crippen LogP contribution in [0.4, 0.5) is 10.1 Å². The zero-order chi connectivity index (χ0) is 15.6. The van der Waals surface area contributed by atoms with Crippen LogP contribution in [0.3, 0.4) is 0 Å². The standard InChI is InChI=1S/C14H14ClFN2O2S/c1-18(9-10-2-4-11(16)5-3-10)21(19,20)12-6-7-14(17)13(15)8-12/h2-8H,9,17H2,1H3. The number of hydrogen-bond acceptors (Lipinski definition) is 3. The molecular formula is C14H14ClFN2O2S. The number of sulfonamides is 1. The fourth-order valence-electron chi connectivity index (χ4n) is 1.78. The van der Waals surface area contributed by atoms with Gasteiger partial charge in [-0.15, -0.1) is 0 Å². The predicted octanol–water partition coefficient (Wildman–Crippen LogP) is 2.88. The van der Waals surface area contributed by atoms with Gasteiger partial charge >= 0.3 is 0 Å². The smallest absolute Gasteiger partial charge is 0.243 e. The summed E-state index contributed by atoms with van der Waals surface area (Å²) in [5.41, 5.74) is 6.57. The van der Waals surface area contributed by atoms with Crippen molar-refractivity contribution in [2.75, 3.05) is 12.8 Å². The summed E-state index contributed by atoms with van der Waals surface area (Å²) < 4.78 is 38.9. The molecule has 0 spiro atoms. The van der Waals surface area contributed by atoms with E-state index >= 15 is 0 Å². The Kier molecular flexibility index (Phi) is 4.51. The van der Waals surface area contributed by atoms with E-state index in [1.54, 1.807) is 0 Å². The van der Waals surface area contributed by atoms with Crippen LogP contribution < -0.4 is 5.73 Å². The van der Waals surface area contributed by atoms with Crippen molar-refractivity contribution in [3.05, 3.63) is 58.9 Å². The maximum absolute atomic E-state index is 12.8. The molecule has 7 heteroatoms. The molecule has 4 nitrogen and oxygen atoms in total. The van der Waals surface area contributed by atoms with Crippen molar-refractivity contribution >= 4 is 27.3 Å². The van der Waals surface area contributed by atoms with Gasteiger partial charge in [0.15, 0.2) is 0 Å². The van der Waals surface area contributed by atoms with Crippen LogP contribution >= 0.6 is 11.6 Å². The van der Waals surface area contributed by atoms with E-state index < -0.39 is 10.0 Å². The lowest BCUT2D eigenvalue weighted by Crippen LogP contribution is -2.26. The number of benzene rings is 2. The maximum Gasteiger partial charge on any atom is 0.243 e. The highest BCUT2D eigenvalue weighted by Crippen LogP contribution is 2.24. The summed E-state index contributed by atoms with van der Waals surface area (Å²) in [5, 5.41) is 0.186. The molecule has 0 aliphatic heterocycles. The monoisotopic (exact) mass is 328 g/mol. The molecule has 112 valence electrons. The summed E-state index contributed by atoms with van der Waals surface area (Å²) in [5.74, 6) is -0.366. The number of nitrogens with two attached hydrogens (primary N) is 1. The van der Waals surface area contributed by atoms with Crippen LogP contribution in [-0.4, -0.2) is 19.8 Å². The van der Waals surface area contributed by atoms with Gasteiger partial charge in [-0.05, 0) is 35.9 Å². The fraction of sp³-hybridized carbons (Fsp3) is 0.143. The number of anilines is 1. The van der Waals surface area contributed by atoms with E-state index in [1.165, 1.54) is 53.8 Å². The summed E-state index contributed by atoms with van der Waals surface area (Å²) in [4.78, 5) is 0.0614. The van der Waals surface area contributed by atoms with Gasteiger partial charge in [0.1, 0.15) is 5.82 Å². The number of nitrogens with zero attached hydrogens (tertiary/aromatic N) is 1. The molecule has 2 aromatic carbocycles. The van der Waals surface area contributed by atoms with Gasteiger partial charge in [0, 0.05) is 13.6 Å². The fourth-order valence-corrected chi connectivity index (χ4v) is 3.21. The highest BCUT2D eigenvalue weighted by atomic mass is 35.5. The molecule has 0 radical (unpaired) electrons. The van der Waals surface area contributed by atoms with E-state index in [-0.39, 0.29) is 22.3 Å². The molecule has 21 heavy (non-hydrogen) atoms. The Morgan fingerprint density at radius 2 is 1.81 bits per heavy atom. The third-order valence-corrected chi connectivity index (χ3v) is 5.13. The third-order valence-electron chi connectivity index (χ3n) is 3.00. The van der Waals surface area contributed by atoms with Gasteiger partial charge in [-0.3, -0.25) is 0 Å². The van der Waals surface area contributed by atoms with Gasteiger partial charge in [0.05, 0.1) is 15.6 Å². The normalized spacial score (nSPS) is 11.8. The zero-order valence-corrected chi connectivity index (χ0v) is 12.8. The Labute approximate surface area is 128 Å². The van der Waals surface area contributed by atoms with Crippen LogP contribution in [0.2, 0.25) is 5.02 Å². The van der Waals surface area contributed by atoms with Crippen LogP contribution in [0.1, 0.15) is 5.56 Å². The van der Waals surface area contributed by atoms with Gasteiger partial charge in [-0.2, -0.15) is 4.31 Å². The van der Waals surface area contributed by atoms with Crippen molar-refractivity contribution < 1.29 is 12.8 Å². The van der Waals surface area contributed by atoms with Crippen molar-refractivity contribution in [3.63, 3.8) is 0 Å². The minimum atomic E-state index is -3.69. The van der Waals surface area contributed by atoms with Gasteiger partial charge in [-0.25, -0.2) is 12.8 Å². The molecule has 0 heterocycles. The third kappa shape index (κ3) is 3.53. The largest absolute Gasteiger partial charge is 0.398 e. The lowest BCUT2D eigenvalue weighted by Gasteiger charge is -2.17. The van der Waals surface area contributed by atoms with Crippen molar-refractivity contribution in [2.45, 2.75) is 11.4 Å². The first-order valence-electron chi connectivity index (χ1n) is 6.06. The highest BCUT2D eigenvalue weighted by molar-refractivity contribution is 7.89. The average Bonchev–Trinajstić information content (AvgIpc) is 2.44. The molecule has 2 rings (SSSR count). The lowest BCUT2D eigenvalue weighted by atomic mass is 10.2. The lowest BCUT2D eigenvalue weighted by molar-refractivity contribution is 0.466. The molecule has 0 amide bonds. The van der Waals surface area contributed by atoms with Gasteiger partial charge in [0.2, 0.25) is 10.0 Å². The summed E-state index contributed by atoms with van der Waals surface area (Å²) in [6, 6.07) is 9.81. The second kappa shape index (κ2) is 6.01. The average molecular weight is 329 g/mol. The van der Waals surface area contributed by atoms with Crippen molar-refractivity contribution in [2.24, 2.45) is 0 Å². The van der Waals surface area contributed by atoms with Gasteiger partial charge < -0.3 is 5.73 Å². The Balaban J connectivity index is 2.25. The molecule has 0 atom stereocenters. The molecule has 0 aliphatic carbocycles. The van der Waals surface area contributed by atoms with Crippen LogP contribution in [0.5, 0.6) is 0 Å². The Bertz CT molecular complexity index is 748.